The van der Waals surface area contributed by atoms with Crippen LogP contribution in [0.4, 0.5) is 4.79 Å². The van der Waals surface area contributed by atoms with E-state index in [1.54, 1.807) is 25.1 Å². The van der Waals surface area contributed by atoms with Gasteiger partial charge in [-0.1, -0.05) is 18.2 Å². The van der Waals surface area contributed by atoms with Gasteiger partial charge in [-0.25, -0.2) is 4.79 Å². The maximum atomic E-state index is 13.4. The number of nitrogens with one attached hydrogen (secondary N) is 1. The SMILES string of the molecule is CN(C)C(=O)N1C[C@H]2CC[C@@H](C1)N(C(=O)c1ccccc1-c1nn[nH]n1)C2. The predicted molar refractivity (Wildman–Crippen MR) is 97.8 cm³/mol. The fourth-order valence-electron chi connectivity index (χ4n) is 4.06. The van der Waals surface area contributed by atoms with Gasteiger partial charge in [0.1, 0.15) is 0 Å². The van der Waals surface area contributed by atoms with Gasteiger partial charge >= 0.3 is 6.03 Å². The molecule has 3 aliphatic rings. The third-order valence-corrected chi connectivity index (χ3v) is 5.37. The van der Waals surface area contributed by atoms with E-state index in [0.29, 0.717) is 42.5 Å². The number of aromatic nitrogens is 4. The van der Waals surface area contributed by atoms with Crippen molar-refractivity contribution in [3.05, 3.63) is 29.8 Å². The summed E-state index contributed by atoms with van der Waals surface area (Å²) in [4.78, 5) is 31.2. The smallest absolute Gasteiger partial charge is 0.319 e. The van der Waals surface area contributed by atoms with Gasteiger partial charge in [0.15, 0.2) is 0 Å². The minimum atomic E-state index is -0.0377. The molecule has 3 saturated heterocycles. The largest absolute Gasteiger partial charge is 0.334 e. The van der Waals surface area contributed by atoms with E-state index in [-0.39, 0.29) is 18.0 Å². The molecule has 4 heterocycles. The molecular weight excluding hydrogens is 346 g/mol. The number of aromatic amines is 1. The highest BCUT2D eigenvalue weighted by Gasteiger charge is 2.39. The molecular formula is C18H23N7O2. The molecule has 3 aliphatic heterocycles. The number of carbonyl (C=O) groups excluding carboxylic acids is 2. The Balaban J connectivity index is 1.62. The molecule has 3 amide bonds. The highest BCUT2D eigenvalue weighted by molar-refractivity contribution is 6.00. The second kappa shape index (κ2) is 6.98. The molecule has 9 nitrogen and oxygen atoms in total. The van der Waals surface area contributed by atoms with Crippen LogP contribution >= 0.6 is 0 Å². The van der Waals surface area contributed by atoms with Crippen molar-refractivity contribution < 1.29 is 9.59 Å². The van der Waals surface area contributed by atoms with E-state index in [2.05, 4.69) is 20.6 Å². The number of tetrazole rings is 1. The molecule has 1 N–H and O–H groups in total. The summed E-state index contributed by atoms with van der Waals surface area (Å²) in [5.41, 5.74) is 1.23. The van der Waals surface area contributed by atoms with Crippen LogP contribution in [0.15, 0.2) is 24.3 Å². The lowest BCUT2D eigenvalue weighted by molar-refractivity contribution is 0.0586. The number of fused-ring (bicyclic) bond motifs is 4. The van der Waals surface area contributed by atoms with Crippen molar-refractivity contribution in [3.63, 3.8) is 0 Å². The molecule has 2 aromatic rings. The Morgan fingerprint density at radius 3 is 2.70 bits per heavy atom. The van der Waals surface area contributed by atoms with Crippen molar-refractivity contribution in [2.75, 3.05) is 33.7 Å². The number of nitrogens with zero attached hydrogens (tertiary/aromatic N) is 6. The zero-order valence-electron chi connectivity index (χ0n) is 15.5. The molecule has 0 aliphatic carbocycles. The molecule has 1 aromatic heterocycles. The number of piperidine rings is 1. The highest BCUT2D eigenvalue weighted by Crippen LogP contribution is 2.31. The van der Waals surface area contributed by atoms with E-state index < -0.39 is 0 Å². The third kappa shape index (κ3) is 3.24. The van der Waals surface area contributed by atoms with Crippen LogP contribution in [0.2, 0.25) is 0 Å². The summed E-state index contributed by atoms with van der Waals surface area (Å²) < 4.78 is 0. The van der Waals surface area contributed by atoms with Gasteiger partial charge in [0, 0.05) is 45.3 Å². The third-order valence-electron chi connectivity index (χ3n) is 5.37. The fraction of sp³-hybridized carbons (Fsp3) is 0.500. The topological polar surface area (TPSA) is 98.3 Å². The Morgan fingerprint density at radius 1 is 1.15 bits per heavy atom. The van der Waals surface area contributed by atoms with Crippen LogP contribution in [0.5, 0.6) is 0 Å². The van der Waals surface area contributed by atoms with Gasteiger partial charge < -0.3 is 14.7 Å². The van der Waals surface area contributed by atoms with Crippen LogP contribution in [0.25, 0.3) is 11.4 Å². The van der Waals surface area contributed by atoms with E-state index in [9.17, 15) is 9.59 Å². The Kier molecular flexibility index (Phi) is 4.51. The average Bonchev–Trinajstić information content (AvgIpc) is 3.06. The lowest BCUT2D eigenvalue weighted by Gasteiger charge is -2.36. The number of amides is 3. The van der Waals surface area contributed by atoms with Gasteiger partial charge in [0.25, 0.3) is 5.91 Å². The zero-order valence-corrected chi connectivity index (χ0v) is 15.5. The molecule has 1 aromatic carbocycles. The molecule has 0 unspecified atom stereocenters. The monoisotopic (exact) mass is 369 g/mol. The minimum Gasteiger partial charge on any atom is -0.334 e. The maximum Gasteiger partial charge on any atom is 0.319 e. The summed E-state index contributed by atoms with van der Waals surface area (Å²) in [6.45, 7) is 1.94. The van der Waals surface area contributed by atoms with Gasteiger partial charge in [-0.05, 0) is 30.0 Å². The number of hydrogen-bond acceptors (Lipinski definition) is 5. The second-order valence-electron chi connectivity index (χ2n) is 7.42. The predicted octanol–water partition coefficient (Wildman–Crippen LogP) is 1.08. The first-order valence-electron chi connectivity index (χ1n) is 9.14. The number of urea groups is 1. The first-order chi connectivity index (χ1) is 13.0. The lowest BCUT2D eigenvalue weighted by atomic mass is 9.93. The molecule has 2 bridgehead atoms. The van der Waals surface area contributed by atoms with Crippen molar-refractivity contribution in [1.29, 1.82) is 0 Å². The average molecular weight is 369 g/mol. The highest BCUT2D eigenvalue weighted by atomic mass is 16.2. The summed E-state index contributed by atoms with van der Waals surface area (Å²) in [5.74, 6) is 0.668. The number of carbonyl (C=O) groups is 2. The summed E-state index contributed by atoms with van der Waals surface area (Å²) >= 11 is 0. The van der Waals surface area contributed by atoms with Crippen molar-refractivity contribution in [3.8, 4) is 11.4 Å². The molecule has 0 saturated carbocycles. The van der Waals surface area contributed by atoms with E-state index >= 15 is 0 Å². The summed E-state index contributed by atoms with van der Waals surface area (Å²) in [6.07, 6.45) is 1.95. The van der Waals surface area contributed by atoms with Crippen molar-refractivity contribution >= 4 is 11.9 Å². The van der Waals surface area contributed by atoms with Crippen LogP contribution < -0.4 is 0 Å². The van der Waals surface area contributed by atoms with Crippen LogP contribution in [-0.2, 0) is 0 Å². The number of rotatable bonds is 2. The molecule has 5 rings (SSSR count). The molecule has 0 spiro atoms. The molecule has 27 heavy (non-hydrogen) atoms. The van der Waals surface area contributed by atoms with E-state index in [4.69, 9.17) is 0 Å². The first-order valence-corrected chi connectivity index (χ1v) is 9.14. The van der Waals surface area contributed by atoms with Gasteiger partial charge in [0.05, 0.1) is 5.56 Å². The Hall–Kier alpha value is -2.97. The quantitative estimate of drug-likeness (QED) is 0.854. The van der Waals surface area contributed by atoms with Crippen molar-refractivity contribution in [1.82, 2.24) is 35.3 Å². The van der Waals surface area contributed by atoms with Gasteiger partial charge in [0.2, 0.25) is 5.82 Å². The van der Waals surface area contributed by atoms with Gasteiger partial charge in [-0.3, -0.25) is 4.79 Å². The molecule has 2 atom stereocenters. The second-order valence-corrected chi connectivity index (χ2v) is 7.42. The standard InChI is InChI=1S/C18H23N7O2/c1-23(2)18(27)24-9-12-7-8-13(11-24)25(10-12)17(26)15-6-4-3-5-14(15)16-19-21-22-20-16/h3-6,12-13H,7-11H2,1-2H3,(H,19,20,21,22)/t12-,13+/m1/s1. The summed E-state index contributed by atoms with van der Waals surface area (Å²) in [6, 6.07) is 7.36. The summed E-state index contributed by atoms with van der Waals surface area (Å²) in [5, 5.41) is 14.1. The first kappa shape index (κ1) is 17.4. The molecule has 0 radical (unpaired) electrons. The Bertz CT molecular complexity index is 836. The fourth-order valence-corrected chi connectivity index (χ4v) is 4.06. The van der Waals surface area contributed by atoms with E-state index in [1.165, 1.54) is 0 Å². The van der Waals surface area contributed by atoms with Crippen LogP contribution in [0, 0.1) is 5.92 Å². The van der Waals surface area contributed by atoms with Gasteiger partial charge in [-0.2, -0.15) is 5.21 Å². The maximum absolute atomic E-state index is 13.4. The van der Waals surface area contributed by atoms with Crippen LogP contribution in [-0.4, -0.2) is 87.0 Å². The normalized spacial score (nSPS) is 21.9. The van der Waals surface area contributed by atoms with Crippen molar-refractivity contribution in [2.45, 2.75) is 18.9 Å². The van der Waals surface area contributed by atoms with Crippen LogP contribution in [0.1, 0.15) is 23.2 Å². The van der Waals surface area contributed by atoms with Crippen molar-refractivity contribution in [2.24, 2.45) is 5.92 Å². The van der Waals surface area contributed by atoms with Gasteiger partial charge in [-0.15, -0.1) is 10.2 Å². The number of H-pyrrole nitrogens is 1. The molecule has 142 valence electrons. The van der Waals surface area contributed by atoms with Crippen LogP contribution in [0.3, 0.4) is 0 Å². The summed E-state index contributed by atoms with van der Waals surface area (Å²) in [7, 11) is 3.53. The van der Waals surface area contributed by atoms with E-state index in [1.807, 2.05) is 28.0 Å². The minimum absolute atomic E-state index is 0.00777. The number of benzene rings is 1. The lowest BCUT2D eigenvalue weighted by Crippen LogP contribution is -2.48. The Labute approximate surface area is 157 Å². The zero-order chi connectivity index (χ0) is 19.0. The number of hydrogen-bond donors (Lipinski definition) is 1. The molecule has 3 fully saturated rings. The Morgan fingerprint density at radius 2 is 1.96 bits per heavy atom. The van der Waals surface area contributed by atoms with E-state index in [0.717, 1.165) is 12.8 Å². The molecule has 9 heteroatoms.